The standard InChI is InChI=1S/C15H17BrClN3O/c1-4-6-10-13(16)15(18-2)20-14(19-10)12-9(17)7-5-8-11(12)21-3/h5,7-8H,4,6H2,1-3H3,(H,18,19,20). The molecule has 1 aromatic heterocycles. The second-order valence-corrected chi connectivity index (χ2v) is 5.67. The summed E-state index contributed by atoms with van der Waals surface area (Å²) in [6.45, 7) is 2.11. The highest BCUT2D eigenvalue weighted by atomic mass is 79.9. The lowest BCUT2D eigenvalue weighted by Crippen LogP contribution is -2.04. The first kappa shape index (κ1) is 16.0. The van der Waals surface area contributed by atoms with Crippen LogP contribution in [-0.4, -0.2) is 24.1 Å². The van der Waals surface area contributed by atoms with Crippen molar-refractivity contribution in [2.24, 2.45) is 0 Å². The largest absolute Gasteiger partial charge is 0.496 e. The third kappa shape index (κ3) is 3.30. The molecule has 2 rings (SSSR count). The first-order valence-electron chi connectivity index (χ1n) is 6.69. The van der Waals surface area contributed by atoms with Crippen molar-refractivity contribution >= 4 is 33.3 Å². The van der Waals surface area contributed by atoms with Gasteiger partial charge in [-0.2, -0.15) is 0 Å². The summed E-state index contributed by atoms with van der Waals surface area (Å²) in [6.07, 6.45) is 1.86. The molecule has 0 saturated carbocycles. The molecule has 0 fully saturated rings. The average Bonchev–Trinajstić information content (AvgIpc) is 2.49. The van der Waals surface area contributed by atoms with Crippen LogP contribution in [0.5, 0.6) is 5.75 Å². The lowest BCUT2D eigenvalue weighted by molar-refractivity contribution is 0.416. The minimum Gasteiger partial charge on any atom is -0.496 e. The van der Waals surface area contributed by atoms with E-state index in [1.54, 1.807) is 7.11 Å². The fraction of sp³-hybridized carbons (Fsp3) is 0.333. The van der Waals surface area contributed by atoms with E-state index in [0.29, 0.717) is 22.2 Å². The number of benzene rings is 1. The van der Waals surface area contributed by atoms with Crippen molar-refractivity contribution in [3.8, 4) is 17.1 Å². The lowest BCUT2D eigenvalue weighted by atomic mass is 10.1. The smallest absolute Gasteiger partial charge is 0.167 e. The van der Waals surface area contributed by atoms with Crippen LogP contribution in [0.25, 0.3) is 11.4 Å². The first-order chi connectivity index (χ1) is 10.1. The first-order valence-corrected chi connectivity index (χ1v) is 7.86. The molecule has 4 nitrogen and oxygen atoms in total. The molecule has 0 saturated heterocycles. The van der Waals surface area contributed by atoms with Gasteiger partial charge in [0, 0.05) is 7.05 Å². The molecule has 0 spiro atoms. The van der Waals surface area contributed by atoms with Crippen LogP contribution in [0.3, 0.4) is 0 Å². The van der Waals surface area contributed by atoms with Crippen molar-refractivity contribution < 1.29 is 4.74 Å². The Morgan fingerprint density at radius 1 is 1.33 bits per heavy atom. The van der Waals surface area contributed by atoms with Gasteiger partial charge in [-0.1, -0.05) is 31.0 Å². The minimum atomic E-state index is 0.563. The van der Waals surface area contributed by atoms with Crippen LogP contribution in [0.15, 0.2) is 22.7 Å². The van der Waals surface area contributed by atoms with Crippen LogP contribution in [0.2, 0.25) is 5.02 Å². The SMILES string of the molecule is CCCc1nc(-c2c(Cl)cccc2OC)nc(NC)c1Br. The number of methoxy groups -OCH3 is 1. The van der Waals surface area contributed by atoms with Gasteiger partial charge in [0.25, 0.3) is 0 Å². The zero-order valence-corrected chi connectivity index (χ0v) is 14.5. The van der Waals surface area contributed by atoms with E-state index in [1.807, 2.05) is 25.2 Å². The van der Waals surface area contributed by atoms with E-state index in [0.717, 1.165) is 28.8 Å². The highest BCUT2D eigenvalue weighted by molar-refractivity contribution is 9.10. The van der Waals surface area contributed by atoms with E-state index in [1.165, 1.54) is 0 Å². The lowest BCUT2D eigenvalue weighted by Gasteiger charge is -2.13. The van der Waals surface area contributed by atoms with Gasteiger partial charge in [0.05, 0.1) is 27.9 Å². The number of anilines is 1. The van der Waals surface area contributed by atoms with Crippen LogP contribution in [0, 0.1) is 0 Å². The molecule has 0 aliphatic carbocycles. The molecule has 0 radical (unpaired) electrons. The van der Waals surface area contributed by atoms with E-state index >= 15 is 0 Å². The molecule has 0 bridgehead atoms. The molecule has 0 amide bonds. The second kappa shape index (κ2) is 7.09. The van der Waals surface area contributed by atoms with Gasteiger partial charge in [-0.15, -0.1) is 0 Å². The summed E-state index contributed by atoms with van der Waals surface area (Å²) in [7, 11) is 3.44. The molecule has 6 heteroatoms. The number of rotatable bonds is 5. The summed E-state index contributed by atoms with van der Waals surface area (Å²) in [5, 5.41) is 3.65. The normalized spacial score (nSPS) is 10.5. The van der Waals surface area contributed by atoms with Crippen LogP contribution >= 0.6 is 27.5 Å². The summed E-state index contributed by atoms with van der Waals surface area (Å²) in [4.78, 5) is 9.19. The summed E-state index contributed by atoms with van der Waals surface area (Å²) >= 11 is 9.87. The molecule has 2 aromatic rings. The molecule has 0 atom stereocenters. The fourth-order valence-electron chi connectivity index (χ4n) is 2.06. The van der Waals surface area contributed by atoms with Gasteiger partial charge in [-0.25, -0.2) is 9.97 Å². The van der Waals surface area contributed by atoms with Gasteiger partial charge in [-0.3, -0.25) is 0 Å². The zero-order valence-electron chi connectivity index (χ0n) is 12.2. The fourth-order valence-corrected chi connectivity index (χ4v) is 2.89. The average molecular weight is 371 g/mol. The van der Waals surface area contributed by atoms with E-state index in [4.69, 9.17) is 16.3 Å². The third-order valence-electron chi connectivity index (χ3n) is 3.06. The van der Waals surface area contributed by atoms with Gasteiger partial charge < -0.3 is 10.1 Å². The van der Waals surface area contributed by atoms with Crippen molar-refractivity contribution in [3.05, 3.63) is 33.4 Å². The highest BCUT2D eigenvalue weighted by Crippen LogP contribution is 2.36. The van der Waals surface area contributed by atoms with Crippen molar-refractivity contribution in [1.29, 1.82) is 0 Å². The van der Waals surface area contributed by atoms with Gasteiger partial charge in [0.1, 0.15) is 11.6 Å². The van der Waals surface area contributed by atoms with Crippen molar-refractivity contribution in [1.82, 2.24) is 9.97 Å². The minimum absolute atomic E-state index is 0.563. The maximum atomic E-state index is 6.32. The van der Waals surface area contributed by atoms with E-state index < -0.39 is 0 Å². The van der Waals surface area contributed by atoms with E-state index in [2.05, 4.69) is 38.1 Å². The van der Waals surface area contributed by atoms with Crippen LogP contribution < -0.4 is 10.1 Å². The number of hydrogen-bond acceptors (Lipinski definition) is 4. The molecule has 1 heterocycles. The maximum Gasteiger partial charge on any atom is 0.167 e. The second-order valence-electron chi connectivity index (χ2n) is 4.47. The summed E-state index contributed by atoms with van der Waals surface area (Å²) in [5.41, 5.74) is 1.66. The predicted molar refractivity (Wildman–Crippen MR) is 90.3 cm³/mol. The maximum absolute atomic E-state index is 6.32. The summed E-state index contributed by atoms with van der Waals surface area (Å²) in [6, 6.07) is 5.50. The number of halogens is 2. The Labute approximate surface area is 138 Å². The van der Waals surface area contributed by atoms with Crippen LogP contribution in [-0.2, 0) is 6.42 Å². The number of ether oxygens (including phenoxy) is 1. The van der Waals surface area contributed by atoms with Gasteiger partial charge >= 0.3 is 0 Å². The molecular weight excluding hydrogens is 354 g/mol. The topological polar surface area (TPSA) is 47.0 Å². The molecule has 0 unspecified atom stereocenters. The highest BCUT2D eigenvalue weighted by Gasteiger charge is 2.17. The Balaban J connectivity index is 2.67. The Hall–Kier alpha value is -1.33. The third-order valence-corrected chi connectivity index (χ3v) is 4.21. The molecule has 0 aliphatic heterocycles. The van der Waals surface area contributed by atoms with Crippen LogP contribution in [0.1, 0.15) is 19.0 Å². The Morgan fingerprint density at radius 2 is 2.10 bits per heavy atom. The summed E-state index contributed by atoms with van der Waals surface area (Å²) in [5.74, 6) is 1.97. The predicted octanol–water partition coefficient (Wildman–Crippen LogP) is 4.56. The molecule has 21 heavy (non-hydrogen) atoms. The molecule has 1 N–H and O–H groups in total. The van der Waals surface area contributed by atoms with E-state index in [9.17, 15) is 0 Å². The van der Waals surface area contributed by atoms with Crippen molar-refractivity contribution in [2.75, 3.05) is 19.5 Å². The molecule has 112 valence electrons. The number of nitrogens with zero attached hydrogens (tertiary/aromatic N) is 2. The molecular formula is C15H17BrClN3O. The number of aromatic nitrogens is 2. The zero-order chi connectivity index (χ0) is 15.4. The van der Waals surface area contributed by atoms with Gasteiger partial charge in [0.2, 0.25) is 0 Å². The Morgan fingerprint density at radius 3 is 2.71 bits per heavy atom. The monoisotopic (exact) mass is 369 g/mol. The Kier molecular flexibility index (Phi) is 5.42. The van der Waals surface area contributed by atoms with Crippen molar-refractivity contribution in [3.63, 3.8) is 0 Å². The number of nitrogens with one attached hydrogen (secondary N) is 1. The van der Waals surface area contributed by atoms with Gasteiger partial charge in [0.15, 0.2) is 5.82 Å². The molecule has 0 aliphatic rings. The summed E-state index contributed by atoms with van der Waals surface area (Å²) < 4.78 is 6.28. The van der Waals surface area contributed by atoms with Crippen molar-refractivity contribution in [2.45, 2.75) is 19.8 Å². The van der Waals surface area contributed by atoms with E-state index in [-0.39, 0.29) is 0 Å². The van der Waals surface area contributed by atoms with Gasteiger partial charge in [-0.05, 0) is 34.5 Å². The quantitative estimate of drug-likeness (QED) is 0.838. The molecule has 1 aromatic carbocycles. The van der Waals surface area contributed by atoms with Crippen LogP contribution in [0.4, 0.5) is 5.82 Å². The number of hydrogen-bond donors (Lipinski definition) is 1. The Bertz CT molecular complexity index is 649. The number of aryl methyl sites for hydroxylation is 1.